The Bertz CT molecular complexity index is 1700. The number of ether oxygens (including phenoxy) is 1. The first-order valence-electron chi connectivity index (χ1n) is 16.6. The molecular formula is C35H47ClN2O7S2. The Balaban J connectivity index is 1.50. The molecule has 2 bridgehead atoms. The Morgan fingerprint density at radius 1 is 1.06 bits per heavy atom. The number of aliphatic hydroxyl groups is 1. The Hall–Kier alpha value is -2.60. The number of fused-ring (bicyclic) bond motifs is 3. The van der Waals surface area contributed by atoms with Gasteiger partial charge in [0.15, 0.2) is 9.84 Å². The van der Waals surface area contributed by atoms with Gasteiger partial charge in [-0.05, 0) is 125 Å². The number of sulfone groups is 1. The molecule has 258 valence electrons. The van der Waals surface area contributed by atoms with Gasteiger partial charge in [0.05, 0.1) is 27.5 Å². The number of amides is 1. The topological polar surface area (TPSA) is 130 Å². The molecule has 2 N–H and O–H groups in total. The molecule has 47 heavy (non-hydrogen) atoms. The van der Waals surface area contributed by atoms with Crippen LogP contribution >= 0.6 is 11.6 Å². The molecule has 2 aromatic carbocycles. The third-order valence-electron chi connectivity index (χ3n) is 9.91. The zero-order valence-corrected chi connectivity index (χ0v) is 29.8. The summed E-state index contributed by atoms with van der Waals surface area (Å²) in [7, 11) is -7.85. The monoisotopic (exact) mass is 706 g/mol. The van der Waals surface area contributed by atoms with E-state index in [9.17, 15) is 26.7 Å². The molecule has 1 fully saturated rings. The fourth-order valence-electron chi connectivity index (χ4n) is 6.61. The molecular weight excluding hydrogens is 660 g/mol. The smallest absolute Gasteiger partial charge is 0.264 e. The second kappa shape index (κ2) is 14.5. The highest BCUT2D eigenvalue weighted by molar-refractivity contribution is 7.93. The zero-order valence-electron chi connectivity index (χ0n) is 27.5. The molecule has 9 nitrogen and oxygen atoms in total. The van der Waals surface area contributed by atoms with Gasteiger partial charge in [0.25, 0.3) is 5.91 Å². The van der Waals surface area contributed by atoms with Gasteiger partial charge in [0, 0.05) is 23.7 Å². The first kappa shape index (κ1) is 35.7. The predicted octanol–water partition coefficient (Wildman–Crippen LogP) is 5.83. The van der Waals surface area contributed by atoms with Gasteiger partial charge in [0.2, 0.25) is 10.0 Å². The van der Waals surface area contributed by atoms with E-state index >= 15 is 0 Å². The molecule has 0 saturated heterocycles. The molecule has 0 radical (unpaired) electrons. The van der Waals surface area contributed by atoms with Crippen molar-refractivity contribution < 1.29 is 31.5 Å². The minimum atomic E-state index is -4.25. The van der Waals surface area contributed by atoms with E-state index < -0.39 is 41.9 Å². The van der Waals surface area contributed by atoms with Crippen LogP contribution in [0.2, 0.25) is 5.02 Å². The first-order valence-corrected chi connectivity index (χ1v) is 20.1. The van der Waals surface area contributed by atoms with E-state index in [1.54, 1.807) is 51.1 Å². The Labute approximate surface area is 284 Å². The van der Waals surface area contributed by atoms with Crippen molar-refractivity contribution >= 4 is 43.1 Å². The number of aryl methyl sites for hydroxylation is 1. The van der Waals surface area contributed by atoms with Crippen LogP contribution in [0.5, 0.6) is 5.75 Å². The third kappa shape index (κ3) is 8.53. The summed E-state index contributed by atoms with van der Waals surface area (Å²) in [6.07, 6.45) is 7.60. The number of sulfonamides is 1. The van der Waals surface area contributed by atoms with Gasteiger partial charge in [-0.15, -0.1) is 0 Å². The van der Waals surface area contributed by atoms with Gasteiger partial charge in [0.1, 0.15) is 12.4 Å². The first-order chi connectivity index (χ1) is 22.1. The SMILES string of the molecule is CC(C)(C)S(=O)(=O)CC[C@@H]1CC/C=C/[C@H](O)[C@@H]2CC[C@H]2CN2CCCCc3cc(Cl)ccc3COc3ccc(cc32)C(=O)NS1(=O)=O. The van der Waals surface area contributed by atoms with E-state index in [1.165, 1.54) is 0 Å². The second-order valence-corrected chi connectivity index (χ2v) is 19.4. The summed E-state index contributed by atoms with van der Waals surface area (Å²) in [6.45, 7) is 6.42. The van der Waals surface area contributed by atoms with Crippen molar-refractivity contribution in [1.29, 1.82) is 0 Å². The summed E-state index contributed by atoms with van der Waals surface area (Å²) in [4.78, 5) is 15.8. The number of hydrogen-bond donors (Lipinski definition) is 2. The van der Waals surface area contributed by atoms with Gasteiger partial charge in [-0.1, -0.05) is 29.8 Å². The van der Waals surface area contributed by atoms with E-state index in [0.29, 0.717) is 42.6 Å². The lowest BCUT2D eigenvalue weighted by Gasteiger charge is -2.42. The fraction of sp³-hybridized carbons (Fsp3) is 0.571. The van der Waals surface area contributed by atoms with Gasteiger partial charge in [-0.25, -0.2) is 21.6 Å². The molecule has 2 aliphatic heterocycles. The summed E-state index contributed by atoms with van der Waals surface area (Å²) in [5.74, 6) is -0.242. The van der Waals surface area contributed by atoms with E-state index in [-0.39, 0.29) is 36.0 Å². The number of aliphatic hydroxyl groups excluding tert-OH is 1. The predicted molar refractivity (Wildman–Crippen MR) is 186 cm³/mol. The van der Waals surface area contributed by atoms with E-state index in [0.717, 1.165) is 43.2 Å². The average molecular weight is 707 g/mol. The minimum Gasteiger partial charge on any atom is -0.487 e. The Morgan fingerprint density at radius 2 is 1.85 bits per heavy atom. The number of rotatable bonds is 3. The Kier molecular flexibility index (Phi) is 11.0. The van der Waals surface area contributed by atoms with Crippen LogP contribution in [0.1, 0.15) is 87.2 Å². The van der Waals surface area contributed by atoms with Crippen molar-refractivity contribution in [2.75, 3.05) is 23.7 Å². The van der Waals surface area contributed by atoms with Crippen LogP contribution < -0.4 is 14.4 Å². The highest BCUT2D eigenvalue weighted by Crippen LogP contribution is 2.41. The Morgan fingerprint density at radius 3 is 2.57 bits per heavy atom. The number of carbonyl (C=O) groups is 1. The molecule has 4 atom stereocenters. The van der Waals surface area contributed by atoms with Crippen LogP contribution in [0.3, 0.4) is 0 Å². The van der Waals surface area contributed by atoms with Crippen molar-refractivity contribution in [3.05, 3.63) is 70.3 Å². The summed E-state index contributed by atoms with van der Waals surface area (Å²) in [6, 6.07) is 10.8. The highest BCUT2D eigenvalue weighted by Gasteiger charge is 2.38. The van der Waals surface area contributed by atoms with Gasteiger partial charge in [-0.3, -0.25) is 4.79 Å². The average Bonchev–Trinajstić information content (AvgIpc) is 3.00. The lowest BCUT2D eigenvalue weighted by atomic mass is 9.70. The molecule has 2 aromatic rings. The van der Waals surface area contributed by atoms with Crippen molar-refractivity contribution in [1.82, 2.24) is 4.72 Å². The number of anilines is 1. The molecule has 1 saturated carbocycles. The number of halogens is 1. The van der Waals surface area contributed by atoms with Gasteiger partial charge in [-0.2, -0.15) is 0 Å². The minimum absolute atomic E-state index is 0.0519. The van der Waals surface area contributed by atoms with Crippen LogP contribution in [-0.2, 0) is 32.9 Å². The number of hydrogen-bond acceptors (Lipinski definition) is 8. The number of allylic oxidation sites excluding steroid dienone is 1. The lowest BCUT2D eigenvalue weighted by Crippen LogP contribution is -2.43. The van der Waals surface area contributed by atoms with Crippen LogP contribution in [0, 0.1) is 11.8 Å². The quantitative estimate of drug-likeness (QED) is 0.382. The van der Waals surface area contributed by atoms with Crippen LogP contribution in [-0.4, -0.2) is 62.8 Å². The van der Waals surface area contributed by atoms with Crippen LogP contribution in [0.25, 0.3) is 0 Å². The van der Waals surface area contributed by atoms with E-state index in [2.05, 4.69) is 9.62 Å². The molecule has 0 spiro atoms. The second-order valence-electron chi connectivity index (χ2n) is 14.1. The van der Waals surface area contributed by atoms with Gasteiger partial charge < -0.3 is 14.7 Å². The summed E-state index contributed by atoms with van der Waals surface area (Å²) >= 11 is 6.31. The summed E-state index contributed by atoms with van der Waals surface area (Å²) in [5, 5.41) is 10.7. The molecule has 2 heterocycles. The molecule has 1 amide bonds. The standard InChI is InChI=1S/C35H47ClN2O7S2/c1-35(2,3)46(41,42)19-17-29-9-4-5-10-32(39)30-15-12-26(30)22-38-18-7-6-8-24-20-28(36)14-11-27(24)23-45-33-16-13-25(21-31(33)38)34(40)37-47(29,43)44/h5,10-11,13-14,16,20-21,26,29-30,32,39H,4,6-9,12,15,17-19,22-23H2,1-3H3,(H,37,40)/b10-5+/t26-,29-,30+,32-/m0/s1. The zero-order chi connectivity index (χ0) is 34.0. The van der Waals surface area contributed by atoms with Crippen LogP contribution in [0.15, 0.2) is 48.6 Å². The highest BCUT2D eigenvalue weighted by atomic mass is 35.5. The van der Waals surface area contributed by atoms with Crippen molar-refractivity contribution in [3.8, 4) is 5.75 Å². The van der Waals surface area contributed by atoms with E-state index in [4.69, 9.17) is 16.3 Å². The fourth-order valence-corrected chi connectivity index (χ4v) is 9.58. The number of nitrogens with zero attached hydrogens (tertiary/aromatic N) is 1. The molecule has 0 unspecified atom stereocenters. The van der Waals surface area contributed by atoms with E-state index in [1.807, 2.05) is 18.2 Å². The number of carbonyl (C=O) groups excluding carboxylic acids is 1. The molecule has 12 heteroatoms. The maximum absolute atomic E-state index is 13.7. The molecule has 0 aromatic heterocycles. The maximum atomic E-state index is 13.7. The van der Waals surface area contributed by atoms with Crippen molar-refractivity contribution in [2.45, 2.75) is 94.8 Å². The van der Waals surface area contributed by atoms with Crippen molar-refractivity contribution in [3.63, 3.8) is 0 Å². The molecule has 3 aliphatic rings. The maximum Gasteiger partial charge on any atom is 0.264 e. The molecule has 5 rings (SSSR count). The van der Waals surface area contributed by atoms with Crippen molar-refractivity contribution in [2.24, 2.45) is 11.8 Å². The summed E-state index contributed by atoms with van der Waals surface area (Å²) in [5.41, 5.74) is 3.03. The van der Waals surface area contributed by atoms with Gasteiger partial charge >= 0.3 is 0 Å². The molecule has 1 aliphatic carbocycles. The third-order valence-corrected chi connectivity index (χ3v) is 14.6. The number of benzene rings is 2. The lowest BCUT2D eigenvalue weighted by molar-refractivity contribution is 0.0461. The van der Waals surface area contributed by atoms with Crippen LogP contribution in [0.4, 0.5) is 5.69 Å². The summed E-state index contributed by atoms with van der Waals surface area (Å²) < 4.78 is 60.7. The normalized spacial score (nSPS) is 26.3. The number of nitrogens with one attached hydrogen (secondary N) is 1. The largest absolute Gasteiger partial charge is 0.487 e.